The van der Waals surface area contributed by atoms with E-state index in [1.54, 1.807) is 0 Å². The third kappa shape index (κ3) is 9.94. The van der Waals surface area contributed by atoms with E-state index in [9.17, 15) is 19.2 Å². The van der Waals surface area contributed by atoms with E-state index < -0.39 is 11.5 Å². The smallest absolute Gasteiger partial charge is 0.242 e. The number of aldehydes is 1. The minimum Gasteiger partial charge on any atom is -0.356 e. The molecule has 1 aliphatic heterocycles. The molecule has 0 aromatic heterocycles. The van der Waals surface area contributed by atoms with E-state index in [1.165, 1.54) is 16.7 Å². The summed E-state index contributed by atoms with van der Waals surface area (Å²) < 4.78 is 6.87. The molecule has 0 bridgehead atoms. The third-order valence-electron chi connectivity index (χ3n) is 4.44. The number of carbonyl (C=O) groups is 4. The second kappa shape index (κ2) is 12.2. The number of nitrogens with zero attached hydrogens (tertiary/aromatic N) is 1. The molecule has 0 aliphatic carbocycles. The molecule has 1 unspecified atom stereocenters. The van der Waals surface area contributed by atoms with Crippen LogP contribution < -0.4 is 5.32 Å². The molecule has 154 valence electrons. The molecule has 6 nitrogen and oxygen atoms in total. The fraction of sp³-hybridized carbons (Fsp3) is 0.800. The van der Waals surface area contributed by atoms with Crippen LogP contribution in [0.1, 0.15) is 73.5 Å². The summed E-state index contributed by atoms with van der Waals surface area (Å²) in [4.78, 5) is 48.0. The Hall–Kier alpha value is -1.37. The van der Waals surface area contributed by atoms with Crippen molar-refractivity contribution >= 4 is 35.7 Å². The van der Waals surface area contributed by atoms with Crippen LogP contribution in [-0.4, -0.2) is 53.0 Å². The van der Waals surface area contributed by atoms with E-state index in [0.717, 1.165) is 25.7 Å². The molecule has 0 spiro atoms. The predicted octanol–water partition coefficient (Wildman–Crippen LogP) is 2.94. The molecule has 1 rings (SSSR count). The first-order chi connectivity index (χ1) is 13.1. The number of amides is 3. The molecular weight excluding hydrogens is 364 g/mol. The van der Waals surface area contributed by atoms with Crippen molar-refractivity contribution in [1.82, 2.24) is 10.2 Å². The molecule has 27 heavy (non-hydrogen) atoms. The maximum absolute atomic E-state index is 12.3. The Labute approximate surface area is 168 Å². The topological polar surface area (TPSA) is 83.6 Å². The molecular formula is C20H34N2O4S. The Morgan fingerprint density at radius 3 is 2.70 bits per heavy atom. The van der Waals surface area contributed by atoms with Gasteiger partial charge in [0.1, 0.15) is 7.63 Å². The Morgan fingerprint density at radius 2 is 2.04 bits per heavy atom. The van der Waals surface area contributed by atoms with Gasteiger partial charge in [-0.1, -0.05) is 27.2 Å². The number of hydrogen-bond acceptors (Lipinski definition) is 5. The minimum absolute atomic E-state index is 0.0580. The Morgan fingerprint density at radius 1 is 1.30 bits per heavy atom. The lowest BCUT2D eigenvalue weighted by molar-refractivity contribution is -0.138. The van der Waals surface area contributed by atoms with E-state index in [0.29, 0.717) is 31.7 Å². The monoisotopic (exact) mass is 399 g/mol. The van der Waals surface area contributed by atoms with E-state index in [1.807, 2.05) is 0 Å². The van der Waals surface area contributed by atoms with Crippen LogP contribution in [0.2, 0.25) is 0 Å². The van der Waals surface area contributed by atoms with Gasteiger partial charge in [0, 0.05) is 38.1 Å². The number of hydrogen-bond donors (Lipinski definition) is 1. The summed E-state index contributed by atoms with van der Waals surface area (Å²) in [5.74, 6) is 0.0908. The summed E-state index contributed by atoms with van der Waals surface area (Å²) in [6.45, 7) is 7.65. The second-order valence-corrected chi connectivity index (χ2v) is 9.48. The van der Waals surface area contributed by atoms with Gasteiger partial charge in [0.15, 0.2) is 0 Å². The molecule has 1 saturated heterocycles. The first kappa shape index (κ1) is 21.9. The van der Waals surface area contributed by atoms with Gasteiger partial charge in [-0.15, -0.1) is 11.8 Å². The van der Waals surface area contributed by atoms with Gasteiger partial charge in [0.05, 0.1) is 5.25 Å². The average Bonchev–Trinajstić information content (AvgIpc) is 2.84. The molecule has 1 fully saturated rings. The summed E-state index contributed by atoms with van der Waals surface area (Å²) in [7, 11) is 0. The van der Waals surface area contributed by atoms with E-state index in [4.69, 9.17) is 1.37 Å². The third-order valence-corrected chi connectivity index (χ3v) is 5.65. The highest BCUT2D eigenvalue weighted by Gasteiger charge is 2.38. The van der Waals surface area contributed by atoms with Crippen LogP contribution in [0.4, 0.5) is 0 Å². The molecule has 1 atom stereocenters. The van der Waals surface area contributed by atoms with Crippen molar-refractivity contribution in [3.8, 4) is 0 Å². The fourth-order valence-electron chi connectivity index (χ4n) is 2.93. The van der Waals surface area contributed by atoms with Gasteiger partial charge in [0.2, 0.25) is 17.7 Å². The summed E-state index contributed by atoms with van der Waals surface area (Å²) in [6, 6.07) is 0. The zero-order valence-electron chi connectivity index (χ0n) is 17.8. The normalized spacial score (nSPS) is 18.0. The number of rotatable bonds is 13. The minimum atomic E-state index is -0.653. The molecule has 0 aromatic rings. The number of thioether (sulfide) groups is 1. The summed E-state index contributed by atoms with van der Waals surface area (Å²) >= 11 is 1.28. The van der Waals surface area contributed by atoms with Crippen molar-refractivity contribution in [2.45, 2.75) is 77.4 Å². The summed E-state index contributed by atoms with van der Waals surface area (Å²) in [5.41, 5.74) is 0.283. The lowest BCUT2D eigenvalue weighted by Gasteiger charge is -2.17. The molecule has 7 heteroatoms. The van der Waals surface area contributed by atoms with Gasteiger partial charge in [-0.2, -0.15) is 0 Å². The number of carbonyl (C=O) groups excluding carboxylic acids is 4. The van der Waals surface area contributed by atoms with Crippen molar-refractivity contribution in [2.24, 2.45) is 5.41 Å². The molecule has 3 amide bonds. The van der Waals surface area contributed by atoms with Gasteiger partial charge in [-0.05, 0) is 31.1 Å². The zero-order chi connectivity index (χ0) is 21.2. The Bertz CT molecular complexity index is 563. The predicted molar refractivity (Wildman–Crippen MR) is 108 cm³/mol. The number of unbranched alkanes of at least 4 members (excludes halogenated alkanes) is 2. The van der Waals surface area contributed by atoms with Gasteiger partial charge in [-0.3, -0.25) is 19.3 Å². The molecule has 0 saturated carbocycles. The van der Waals surface area contributed by atoms with Crippen LogP contribution in [0, 0.1) is 5.41 Å². The quantitative estimate of drug-likeness (QED) is 0.292. The SMILES string of the molecule is [2H]C(=O)CCSC1CC(=O)N(CCCCCC(=O)NCCCC(C)(C)C)C1=O. The summed E-state index contributed by atoms with van der Waals surface area (Å²) in [5, 5.41) is 2.51. The Kier molecular flexibility index (Phi) is 9.87. The van der Waals surface area contributed by atoms with Gasteiger partial charge in [-0.25, -0.2) is 0 Å². The number of nitrogens with one attached hydrogen (secondary N) is 1. The van der Waals surface area contributed by atoms with Crippen LogP contribution in [-0.2, 0) is 19.2 Å². The fourth-order valence-corrected chi connectivity index (χ4v) is 3.94. The van der Waals surface area contributed by atoms with Crippen LogP contribution in [0.25, 0.3) is 0 Å². The zero-order valence-corrected chi connectivity index (χ0v) is 17.7. The maximum atomic E-state index is 12.3. The lowest BCUT2D eigenvalue weighted by atomic mass is 9.91. The molecule has 1 aliphatic rings. The van der Waals surface area contributed by atoms with E-state index in [-0.39, 0.29) is 36.0 Å². The van der Waals surface area contributed by atoms with Gasteiger partial charge < -0.3 is 10.1 Å². The first-order valence-electron chi connectivity index (χ1n) is 10.3. The molecule has 1 heterocycles. The van der Waals surface area contributed by atoms with Gasteiger partial charge >= 0.3 is 0 Å². The average molecular weight is 400 g/mol. The van der Waals surface area contributed by atoms with E-state index in [2.05, 4.69) is 26.1 Å². The molecule has 0 radical (unpaired) electrons. The summed E-state index contributed by atoms with van der Waals surface area (Å²) in [6.07, 6.45) is 4.36. The van der Waals surface area contributed by atoms with E-state index >= 15 is 0 Å². The lowest BCUT2D eigenvalue weighted by Crippen LogP contribution is -2.32. The highest BCUT2D eigenvalue weighted by atomic mass is 32.2. The van der Waals surface area contributed by atoms with Crippen molar-refractivity contribution in [3.05, 3.63) is 0 Å². The molecule has 1 N–H and O–H groups in total. The van der Waals surface area contributed by atoms with Crippen LogP contribution >= 0.6 is 11.8 Å². The van der Waals surface area contributed by atoms with Crippen LogP contribution in [0.15, 0.2) is 0 Å². The number of likely N-dealkylation sites (tertiary alicyclic amines) is 1. The maximum Gasteiger partial charge on any atom is 0.242 e. The standard InChI is InChI=1S/C20H34N2O4S/c1-20(2,3)10-7-11-21-17(24)9-5-4-6-12-22-18(25)15-16(19(22)26)27-14-8-13-23/h13,16H,4-12,14-15H2,1-3H3,(H,21,24)/i13D. The highest BCUT2D eigenvalue weighted by molar-refractivity contribution is 8.00. The largest absolute Gasteiger partial charge is 0.356 e. The van der Waals surface area contributed by atoms with Crippen molar-refractivity contribution in [2.75, 3.05) is 18.8 Å². The van der Waals surface area contributed by atoms with Gasteiger partial charge in [0.25, 0.3) is 0 Å². The number of imide groups is 1. The van der Waals surface area contributed by atoms with Crippen molar-refractivity contribution < 1.29 is 20.5 Å². The van der Waals surface area contributed by atoms with Crippen LogP contribution in [0.5, 0.6) is 0 Å². The van der Waals surface area contributed by atoms with Crippen molar-refractivity contribution in [3.63, 3.8) is 0 Å². The molecule has 0 aromatic carbocycles. The highest BCUT2D eigenvalue weighted by Crippen LogP contribution is 2.26. The van der Waals surface area contributed by atoms with Crippen LogP contribution in [0.3, 0.4) is 0 Å². The first-order valence-corrected chi connectivity index (χ1v) is 10.9. The Balaban J connectivity index is 2.13. The second-order valence-electron chi connectivity index (χ2n) is 8.17. The van der Waals surface area contributed by atoms with Crippen molar-refractivity contribution in [1.29, 1.82) is 0 Å².